The fourth-order valence-corrected chi connectivity index (χ4v) is 4.34. The number of anilines is 1. The number of carbonyl (C=O) groups excluding carboxylic acids is 1. The summed E-state index contributed by atoms with van der Waals surface area (Å²) in [6, 6.07) is 17.3. The smallest absolute Gasteiger partial charge is 0.335 e. The van der Waals surface area contributed by atoms with Gasteiger partial charge in [0.25, 0.3) is 5.91 Å². The van der Waals surface area contributed by atoms with Crippen LogP contribution in [0.4, 0.5) is 5.69 Å². The number of halogens is 1. The number of furan rings is 1. The third kappa shape index (κ3) is 4.05. The third-order valence-electron chi connectivity index (χ3n) is 4.17. The number of amides is 1. The van der Waals surface area contributed by atoms with Crippen molar-refractivity contribution in [1.29, 1.82) is 0 Å². The van der Waals surface area contributed by atoms with Gasteiger partial charge in [-0.2, -0.15) is 0 Å². The first kappa shape index (κ1) is 19.6. The number of hydrogen-bond donors (Lipinski definition) is 1. The topological polar surface area (TPSA) is 70.8 Å². The highest BCUT2D eigenvalue weighted by atomic mass is 79.9. The number of aromatic carboxylic acids is 1. The first-order chi connectivity index (χ1) is 13.9. The molecule has 8 heteroatoms. The highest BCUT2D eigenvalue weighted by molar-refractivity contribution is 9.10. The van der Waals surface area contributed by atoms with Gasteiger partial charge in [0.15, 0.2) is 4.32 Å². The van der Waals surface area contributed by atoms with Crippen molar-refractivity contribution in [2.75, 3.05) is 4.90 Å². The van der Waals surface area contributed by atoms with Crippen molar-refractivity contribution < 1.29 is 19.1 Å². The molecule has 0 bridgehead atoms. The number of thiocarbonyl (C=S) groups is 1. The van der Waals surface area contributed by atoms with E-state index in [9.17, 15) is 9.59 Å². The summed E-state index contributed by atoms with van der Waals surface area (Å²) in [6.07, 6.45) is 1.64. The number of thioether (sulfide) groups is 1. The molecule has 3 aromatic rings. The lowest BCUT2D eigenvalue weighted by atomic mass is 10.1. The molecule has 1 aliphatic heterocycles. The standard InChI is InChI=1S/C21H12BrNO4S2/c22-14-4-6-15(7-5-14)23-19(24)18(29-21(23)28)11-16-8-9-17(27-16)12-2-1-3-13(10-12)20(25)26/h1-11H,(H,25,26). The van der Waals surface area contributed by atoms with Gasteiger partial charge in [-0.1, -0.05) is 52.0 Å². The predicted molar refractivity (Wildman–Crippen MR) is 121 cm³/mol. The average molecular weight is 486 g/mol. The van der Waals surface area contributed by atoms with Crippen molar-refractivity contribution in [1.82, 2.24) is 0 Å². The van der Waals surface area contributed by atoms with E-state index in [1.807, 2.05) is 24.3 Å². The van der Waals surface area contributed by atoms with Gasteiger partial charge in [0.1, 0.15) is 11.5 Å². The number of carboxylic acids is 1. The van der Waals surface area contributed by atoms with Gasteiger partial charge in [-0.05, 0) is 48.5 Å². The van der Waals surface area contributed by atoms with E-state index in [0.717, 1.165) is 4.47 Å². The number of nitrogens with zero attached hydrogens (tertiary/aromatic N) is 1. The lowest BCUT2D eigenvalue weighted by molar-refractivity contribution is -0.113. The molecule has 0 unspecified atom stereocenters. The molecule has 1 N–H and O–H groups in total. The lowest BCUT2D eigenvalue weighted by Crippen LogP contribution is -2.27. The minimum Gasteiger partial charge on any atom is -0.478 e. The van der Waals surface area contributed by atoms with Crippen LogP contribution in [-0.2, 0) is 4.79 Å². The van der Waals surface area contributed by atoms with Crippen LogP contribution in [0.1, 0.15) is 16.1 Å². The fourth-order valence-electron chi connectivity index (χ4n) is 2.80. The molecule has 0 atom stereocenters. The Morgan fingerprint density at radius 3 is 2.62 bits per heavy atom. The Morgan fingerprint density at radius 1 is 1.14 bits per heavy atom. The van der Waals surface area contributed by atoms with Crippen LogP contribution in [0.2, 0.25) is 0 Å². The molecule has 0 saturated carbocycles. The third-order valence-corrected chi connectivity index (χ3v) is 6.00. The molecule has 5 nitrogen and oxygen atoms in total. The number of benzene rings is 2. The van der Waals surface area contributed by atoms with E-state index < -0.39 is 5.97 Å². The first-order valence-electron chi connectivity index (χ1n) is 8.39. The van der Waals surface area contributed by atoms with Gasteiger partial charge in [-0.25, -0.2) is 4.79 Å². The van der Waals surface area contributed by atoms with Crippen LogP contribution in [0.15, 0.2) is 74.5 Å². The highest BCUT2D eigenvalue weighted by Crippen LogP contribution is 2.37. The van der Waals surface area contributed by atoms with Gasteiger partial charge in [0.2, 0.25) is 0 Å². The van der Waals surface area contributed by atoms with Gasteiger partial charge in [0.05, 0.1) is 16.2 Å². The highest BCUT2D eigenvalue weighted by Gasteiger charge is 2.33. The zero-order valence-corrected chi connectivity index (χ0v) is 17.9. The van der Waals surface area contributed by atoms with Crippen LogP contribution in [0.25, 0.3) is 17.4 Å². The summed E-state index contributed by atoms with van der Waals surface area (Å²) >= 11 is 9.96. The minimum absolute atomic E-state index is 0.177. The SMILES string of the molecule is O=C(O)c1cccc(-c2ccc(C=C3SC(=S)N(c4ccc(Br)cc4)C3=O)o2)c1. The fraction of sp³-hybridized carbons (Fsp3) is 0. The Hall–Kier alpha value is -2.68. The molecular formula is C21H12BrNO4S2. The summed E-state index contributed by atoms with van der Waals surface area (Å²) in [5.41, 5.74) is 1.52. The minimum atomic E-state index is -1.00. The second-order valence-electron chi connectivity index (χ2n) is 6.08. The maximum absolute atomic E-state index is 12.8. The van der Waals surface area contributed by atoms with Crippen molar-refractivity contribution in [2.45, 2.75) is 0 Å². The molecule has 1 amide bonds. The number of carbonyl (C=O) groups is 2. The average Bonchev–Trinajstić information content (AvgIpc) is 3.28. The van der Waals surface area contributed by atoms with Crippen molar-refractivity contribution >= 4 is 67.9 Å². The van der Waals surface area contributed by atoms with Gasteiger partial charge in [-0.15, -0.1) is 0 Å². The van der Waals surface area contributed by atoms with Crippen LogP contribution >= 0.6 is 39.9 Å². The summed E-state index contributed by atoms with van der Waals surface area (Å²) in [6.45, 7) is 0. The maximum Gasteiger partial charge on any atom is 0.335 e. The van der Waals surface area contributed by atoms with Crippen LogP contribution in [0.3, 0.4) is 0 Å². The van der Waals surface area contributed by atoms with E-state index >= 15 is 0 Å². The molecular weight excluding hydrogens is 474 g/mol. The predicted octanol–water partition coefficient (Wildman–Crippen LogP) is 5.81. The number of carboxylic acid groups (broad SMARTS) is 1. The maximum atomic E-state index is 12.8. The van der Waals surface area contributed by atoms with E-state index in [1.54, 1.807) is 30.3 Å². The summed E-state index contributed by atoms with van der Waals surface area (Å²) in [7, 11) is 0. The quantitative estimate of drug-likeness (QED) is 0.371. The summed E-state index contributed by atoms with van der Waals surface area (Å²) < 4.78 is 7.17. The normalized spacial score (nSPS) is 15.3. The summed E-state index contributed by atoms with van der Waals surface area (Å²) in [4.78, 5) is 25.9. The van der Waals surface area contributed by atoms with Crippen molar-refractivity contribution in [2.24, 2.45) is 0 Å². The molecule has 2 aromatic carbocycles. The number of rotatable bonds is 4. The molecule has 1 aromatic heterocycles. The Balaban J connectivity index is 1.60. The molecule has 1 saturated heterocycles. The van der Waals surface area contributed by atoms with E-state index in [-0.39, 0.29) is 11.5 Å². The van der Waals surface area contributed by atoms with Crippen LogP contribution < -0.4 is 4.90 Å². The van der Waals surface area contributed by atoms with Gasteiger partial charge in [-0.3, -0.25) is 9.69 Å². The molecule has 144 valence electrons. The van der Waals surface area contributed by atoms with Crippen LogP contribution in [0, 0.1) is 0 Å². The molecule has 2 heterocycles. The molecule has 4 rings (SSSR count). The Morgan fingerprint density at radius 2 is 1.90 bits per heavy atom. The van der Waals surface area contributed by atoms with Crippen molar-refractivity contribution in [3.63, 3.8) is 0 Å². The zero-order valence-electron chi connectivity index (χ0n) is 14.7. The number of hydrogen-bond acceptors (Lipinski definition) is 5. The Labute approximate surface area is 184 Å². The molecule has 0 aliphatic carbocycles. The molecule has 0 radical (unpaired) electrons. The summed E-state index contributed by atoms with van der Waals surface area (Å²) in [5.74, 6) is -0.219. The second kappa shape index (κ2) is 7.98. The van der Waals surface area contributed by atoms with Crippen molar-refractivity contribution in [3.05, 3.63) is 81.4 Å². The van der Waals surface area contributed by atoms with E-state index in [2.05, 4.69) is 15.9 Å². The molecule has 1 aliphatic rings. The summed E-state index contributed by atoms with van der Waals surface area (Å²) in [5, 5.41) is 9.14. The van der Waals surface area contributed by atoms with Crippen molar-refractivity contribution in [3.8, 4) is 11.3 Å². The van der Waals surface area contributed by atoms with Gasteiger partial charge in [0, 0.05) is 16.1 Å². The Kier molecular flexibility index (Phi) is 5.40. The van der Waals surface area contributed by atoms with Crippen LogP contribution in [0.5, 0.6) is 0 Å². The van der Waals surface area contributed by atoms with Crippen LogP contribution in [-0.4, -0.2) is 21.3 Å². The monoisotopic (exact) mass is 485 g/mol. The largest absolute Gasteiger partial charge is 0.478 e. The second-order valence-corrected chi connectivity index (χ2v) is 8.67. The zero-order chi connectivity index (χ0) is 20.5. The van der Waals surface area contributed by atoms with Gasteiger partial charge >= 0.3 is 5.97 Å². The van der Waals surface area contributed by atoms with Gasteiger partial charge < -0.3 is 9.52 Å². The van der Waals surface area contributed by atoms with E-state index in [1.165, 1.54) is 28.8 Å². The molecule has 1 fully saturated rings. The first-order valence-corrected chi connectivity index (χ1v) is 10.4. The lowest BCUT2D eigenvalue weighted by Gasteiger charge is -2.14. The van der Waals surface area contributed by atoms with E-state index in [0.29, 0.717) is 32.0 Å². The molecule has 29 heavy (non-hydrogen) atoms. The molecule has 0 spiro atoms. The Bertz CT molecular complexity index is 1170. The van der Waals surface area contributed by atoms with E-state index in [4.69, 9.17) is 21.7 Å².